The maximum atomic E-state index is 13.0. The van der Waals surface area contributed by atoms with Gasteiger partial charge in [0, 0.05) is 37.8 Å². The van der Waals surface area contributed by atoms with Gasteiger partial charge < -0.3 is 4.90 Å². The molecule has 0 saturated carbocycles. The highest BCUT2D eigenvalue weighted by molar-refractivity contribution is 5.95. The van der Waals surface area contributed by atoms with Crippen molar-refractivity contribution >= 4 is 22.8 Å². The smallest absolute Gasteiger partial charge is 0.327 e. The highest BCUT2D eigenvalue weighted by Crippen LogP contribution is 2.30. The summed E-state index contributed by atoms with van der Waals surface area (Å²) in [5.74, 6) is 1.19. The van der Waals surface area contributed by atoms with Crippen molar-refractivity contribution in [3.05, 3.63) is 82.3 Å². The van der Waals surface area contributed by atoms with Gasteiger partial charge in [0.05, 0.1) is 5.52 Å². The van der Waals surface area contributed by atoms with Crippen LogP contribution in [0.4, 0.5) is 5.82 Å². The molecule has 0 amide bonds. The number of ketones is 1. The van der Waals surface area contributed by atoms with Gasteiger partial charge in [-0.05, 0) is 54.9 Å². The monoisotopic (exact) mass is 454 g/mol. The molecule has 0 atom stereocenters. The second-order valence-corrected chi connectivity index (χ2v) is 9.32. The quantitative estimate of drug-likeness (QED) is 0.465. The van der Waals surface area contributed by atoms with Crippen molar-refractivity contribution in [1.29, 1.82) is 0 Å². The first kappa shape index (κ1) is 20.8. The number of nitrogens with one attached hydrogen (secondary N) is 1. The summed E-state index contributed by atoms with van der Waals surface area (Å²) in [7, 11) is 0. The summed E-state index contributed by atoms with van der Waals surface area (Å²) >= 11 is 0. The fraction of sp³-hybridized carbons (Fsp3) is 0.346. The minimum absolute atomic E-state index is 0.0780. The molecule has 1 aliphatic carbocycles. The molecule has 0 bridgehead atoms. The van der Waals surface area contributed by atoms with E-state index >= 15 is 0 Å². The Kier molecular flexibility index (Phi) is 5.20. The third-order valence-electron chi connectivity index (χ3n) is 7.19. The van der Waals surface area contributed by atoms with E-state index in [2.05, 4.69) is 49.1 Å². The summed E-state index contributed by atoms with van der Waals surface area (Å²) in [5.41, 5.74) is 4.56. The Labute approximate surface area is 196 Å². The Morgan fingerprint density at radius 1 is 1.00 bits per heavy atom. The number of carbonyl (C=O) groups is 1. The first-order valence-corrected chi connectivity index (χ1v) is 11.9. The lowest BCUT2D eigenvalue weighted by molar-refractivity contribution is 0.0958. The Hall–Kier alpha value is -3.81. The van der Waals surface area contributed by atoms with Gasteiger partial charge in [-0.25, -0.2) is 19.7 Å². The predicted octanol–water partition coefficient (Wildman–Crippen LogP) is 3.34. The van der Waals surface area contributed by atoms with E-state index in [1.165, 1.54) is 17.5 Å². The molecule has 4 heterocycles. The number of hydrogen-bond acceptors (Lipinski definition) is 6. The van der Waals surface area contributed by atoms with Gasteiger partial charge in [-0.1, -0.05) is 24.3 Å². The first-order valence-electron chi connectivity index (χ1n) is 11.9. The molecule has 2 aliphatic rings. The molecule has 0 unspecified atom stereocenters. The van der Waals surface area contributed by atoms with Gasteiger partial charge in [0.1, 0.15) is 17.8 Å². The lowest BCUT2D eigenvalue weighted by Gasteiger charge is -2.33. The van der Waals surface area contributed by atoms with Crippen LogP contribution in [0.15, 0.2) is 59.8 Å². The van der Waals surface area contributed by atoms with Gasteiger partial charge in [-0.2, -0.15) is 0 Å². The van der Waals surface area contributed by atoms with Crippen LogP contribution >= 0.6 is 0 Å². The van der Waals surface area contributed by atoms with Crippen LogP contribution in [0.5, 0.6) is 0 Å². The number of hydrogen-bond donors (Lipinski definition) is 1. The van der Waals surface area contributed by atoms with Gasteiger partial charge in [-0.3, -0.25) is 14.3 Å². The van der Waals surface area contributed by atoms with Crippen molar-refractivity contribution < 1.29 is 4.79 Å². The normalized spacial score (nSPS) is 16.8. The van der Waals surface area contributed by atoms with Crippen molar-refractivity contribution in [1.82, 2.24) is 24.5 Å². The Morgan fingerprint density at radius 2 is 1.76 bits per heavy atom. The number of aromatic amines is 1. The van der Waals surface area contributed by atoms with E-state index in [4.69, 9.17) is 0 Å². The minimum atomic E-state index is -0.115. The largest absolute Gasteiger partial charge is 0.356 e. The number of Topliss-reactive ketones (excluding diaryl/α,β-unsaturated/α-hetero) is 1. The molecule has 1 saturated heterocycles. The van der Waals surface area contributed by atoms with Crippen LogP contribution in [0, 0.1) is 5.92 Å². The molecular weight excluding hydrogens is 428 g/mol. The van der Waals surface area contributed by atoms with Crippen molar-refractivity contribution in [2.45, 2.75) is 38.1 Å². The summed E-state index contributed by atoms with van der Waals surface area (Å²) in [4.78, 5) is 43.5. The van der Waals surface area contributed by atoms with Crippen molar-refractivity contribution in [2.75, 3.05) is 18.0 Å². The predicted molar refractivity (Wildman–Crippen MR) is 129 cm³/mol. The zero-order valence-electron chi connectivity index (χ0n) is 18.9. The first-order chi connectivity index (χ1) is 16.7. The van der Waals surface area contributed by atoms with E-state index in [-0.39, 0.29) is 17.5 Å². The third kappa shape index (κ3) is 3.79. The van der Waals surface area contributed by atoms with E-state index in [9.17, 15) is 9.59 Å². The van der Waals surface area contributed by atoms with E-state index in [1.54, 1.807) is 6.20 Å². The molecule has 1 N–H and O–H groups in total. The second-order valence-electron chi connectivity index (χ2n) is 9.32. The van der Waals surface area contributed by atoms with Crippen LogP contribution in [-0.2, 0) is 12.8 Å². The van der Waals surface area contributed by atoms with Gasteiger partial charge in [0.25, 0.3) is 0 Å². The molecule has 1 fully saturated rings. The molecule has 8 heteroatoms. The van der Waals surface area contributed by atoms with E-state index < -0.39 is 0 Å². The molecule has 3 aromatic heterocycles. The van der Waals surface area contributed by atoms with E-state index in [1.807, 2.05) is 22.8 Å². The SMILES string of the molecule is O=C(CC1Cc2ccccc2C1)c1cc(N2CCC(n3c(=O)[nH]c4ncccc43)CC2)ncn1. The average Bonchev–Trinajstić information content (AvgIpc) is 3.43. The average molecular weight is 455 g/mol. The fourth-order valence-electron chi connectivity index (χ4n) is 5.51. The second kappa shape index (κ2) is 8.52. The number of H-pyrrole nitrogens is 1. The summed E-state index contributed by atoms with van der Waals surface area (Å²) in [6, 6.07) is 14.2. The van der Waals surface area contributed by atoms with Crippen LogP contribution in [0.2, 0.25) is 0 Å². The Balaban J connectivity index is 1.12. The fourth-order valence-corrected chi connectivity index (χ4v) is 5.51. The van der Waals surface area contributed by atoms with Gasteiger partial charge in [-0.15, -0.1) is 0 Å². The standard InChI is InChI=1S/C26H26N6O2/c33-23(14-17-12-18-4-1-2-5-19(18)13-17)21-15-24(29-16-28-21)31-10-7-20(8-11-31)32-22-6-3-9-27-25(22)30-26(32)34/h1-6,9,15-17,20H,7-8,10-14H2,(H,27,30,34). The minimum Gasteiger partial charge on any atom is -0.356 e. The highest BCUT2D eigenvalue weighted by Gasteiger charge is 2.27. The molecule has 4 aromatic rings. The van der Waals surface area contributed by atoms with Crippen molar-refractivity contribution in [3.8, 4) is 0 Å². The number of pyridine rings is 1. The third-order valence-corrected chi connectivity index (χ3v) is 7.19. The molecule has 1 aliphatic heterocycles. The zero-order chi connectivity index (χ0) is 23.1. The number of piperidine rings is 1. The maximum absolute atomic E-state index is 13.0. The highest BCUT2D eigenvalue weighted by atomic mass is 16.1. The summed E-state index contributed by atoms with van der Waals surface area (Å²) in [6.07, 6.45) is 7.22. The number of aromatic nitrogens is 5. The van der Waals surface area contributed by atoms with E-state index in [0.29, 0.717) is 23.7 Å². The van der Waals surface area contributed by atoms with E-state index in [0.717, 1.165) is 50.1 Å². The number of benzene rings is 1. The van der Waals surface area contributed by atoms with Gasteiger partial charge in [0.2, 0.25) is 0 Å². The molecule has 34 heavy (non-hydrogen) atoms. The Morgan fingerprint density at radius 3 is 2.53 bits per heavy atom. The Bertz CT molecular complexity index is 1390. The molecule has 0 radical (unpaired) electrons. The van der Waals surface area contributed by atoms with Gasteiger partial charge in [0.15, 0.2) is 11.4 Å². The zero-order valence-corrected chi connectivity index (χ0v) is 18.9. The summed E-state index contributed by atoms with van der Waals surface area (Å²) in [6.45, 7) is 1.51. The maximum Gasteiger partial charge on any atom is 0.327 e. The van der Waals surface area contributed by atoms with Crippen LogP contribution in [0.1, 0.15) is 46.9 Å². The number of anilines is 1. The van der Waals surface area contributed by atoms with Crippen LogP contribution in [0.25, 0.3) is 11.2 Å². The van der Waals surface area contributed by atoms with Crippen molar-refractivity contribution in [2.24, 2.45) is 5.92 Å². The van der Waals surface area contributed by atoms with Crippen LogP contribution < -0.4 is 10.6 Å². The molecule has 0 spiro atoms. The lowest BCUT2D eigenvalue weighted by atomic mass is 9.98. The van der Waals surface area contributed by atoms with Crippen molar-refractivity contribution in [3.63, 3.8) is 0 Å². The number of rotatable bonds is 5. The molecule has 8 nitrogen and oxygen atoms in total. The number of carbonyl (C=O) groups excluding carboxylic acids is 1. The summed E-state index contributed by atoms with van der Waals surface area (Å²) < 4.78 is 1.83. The molecule has 172 valence electrons. The number of nitrogens with zero attached hydrogens (tertiary/aromatic N) is 5. The number of fused-ring (bicyclic) bond motifs is 2. The summed E-state index contributed by atoms with van der Waals surface area (Å²) in [5, 5.41) is 0. The molecular formula is C26H26N6O2. The molecule has 6 rings (SSSR count). The van der Waals surface area contributed by atoms with Gasteiger partial charge >= 0.3 is 5.69 Å². The number of imidazole rings is 1. The lowest BCUT2D eigenvalue weighted by Crippen LogP contribution is -2.37. The van der Waals surface area contributed by atoms with Crippen LogP contribution in [0.3, 0.4) is 0 Å². The van der Waals surface area contributed by atoms with Crippen LogP contribution in [-0.4, -0.2) is 43.4 Å². The molecule has 1 aromatic carbocycles. The topological polar surface area (TPSA) is 96.8 Å².